The van der Waals surface area contributed by atoms with Crippen LogP contribution < -0.4 is 5.32 Å². The summed E-state index contributed by atoms with van der Waals surface area (Å²) in [6, 6.07) is 4.93. The third-order valence-corrected chi connectivity index (χ3v) is 4.53. The van der Waals surface area contributed by atoms with E-state index in [-0.39, 0.29) is 12.5 Å². The number of aryl methyl sites for hydroxylation is 1. The summed E-state index contributed by atoms with van der Waals surface area (Å²) in [5.41, 5.74) is -1.11. The fourth-order valence-corrected chi connectivity index (χ4v) is 3.16. The molecule has 0 unspecified atom stereocenters. The maximum atomic E-state index is 12.9. The van der Waals surface area contributed by atoms with Crippen LogP contribution in [0, 0.1) is 0 Å². The fourth-order valence-electron chi connectivity index (χ4n) is 2.34. The summed E-state index contributed by atoms with van der Waals surface area (Å²) in [4.78, 5) is 16.2. The third-order valence-electron chi connectivity index (χ3n) is 3.58. The van der Waals surface area contributed by atoms with Crippen molar-refractivity contribution in [2.75, 3.05) is 5.32 Å². The molecule has 0 aliphatic heterocycles. The van der Waals surface area contributed by atoms with E-state index in [1.165, 1.54) is 18.1 Å². The summed E-state index contributed by atoms with van der Waals surface area (Å²) >= 11 is 17.6. The standard InChI is InChI=1S/C15H10Cl3F3N6O/c1-26-11(10(18)12(24-26)15(19,20)21)13(28)23-14-22-6-27(25-14)5-7-2-3-8(16)4-9(7)17/h2-4,6H,5H2,1H3,(H,23,25,28). The molecule has 13 heteroatoms. The van der Waals surface area contributed by atoms with Gasteiger partial charge < -0.3 is 0 Å². The van der Waals surface area contributed by atoms with E-state index in [4.69, 9.17) is 34.8 Å². The number of amides is 1. The Hall–Kier alpha value is -2.30. The van der Waals surface area contributed by atoms with Crippen molar-refractivity contribution in [2.45, 2.75) is 12.7 Å². The molecule has 0 bridgehead atoms. The highest BCUT2D eigenvalue weighted by molar-refractivity contribution is 6.35. The molecule has 0 saturated carbocycles. The Morgan fingerprint density at radius 3 is 2.54 bits per heavy atom. The summed E-state index contributed by atoms with van der Waals surface area (Å²) in [5.74, 6) is -1.06. The fraction of sp³-hybridized carbons (Fsp3) is 0.200. The van der Waals surface area contributed by atoms with Crippen LogP contribution in [0.3, 0.4) is 0 Å². The van der Waals surface area contributed by atoms with Crippen molar-refractivity contribution in [3.63, 3.8) is 0 Å². The quantitative estimate of drug-likeness (QED) is 0.639. The first kappa shape index (κ1) is 20.4. The Bertz CT molecular complexity index is 1050. The number of rotatable bonds is 4. The minimum atomic E-state index is -4.79. The molecule has 28 heavy (non-hydrogen) atoms. The molecular weight excluding hydrogens is 444 g/mol. The number of hydrogen-bond acceptors (Lipinski definition) is 4. The zero-order valence-electron chi connectivity index (χ0n) is 13.9. The Morgan fingerprint density at radius 1 is 1.21 bits per heavy atom. The number of alkyl halides is 3. The van der Waals surface area contributed by atoms with Gasteiger partial charge in [-0.05, 0) is 17.7 Å². The Balaban J connectivity index is 1.77. The van der Waals surface area contributed by atoms with Gasteiger partial charge in [-0.25, -0.2) is 9.67 Å². The predicted octanol–water partition coefficient (Wildman–Crippen LogP) is 4.29. The van der Waals surface area contributed by atoms with E-state index in [0.717, 1.165) is 4.68 Å². The van der Waals surface area contributed by atoms with Crippen LogP contribution in [0.15, 0.2) is 24.5 Å². The Labute approximate surface area is 171 Å². The number of halogens is 6. The van der Waals surface area contributed by atoms with Gasteiger partial charge in [0, 0.05) is 17.1 Å². The van der Waals surface area contributed by atoms with E-state index >= 15 is 0 Å². The van der Waals surface area contributed by atoms with Gasteiger partial charge in [0.05, 0.1) is 6.54 Å². The van der Waals surface area contributed by atoms with Crippen molar-refractivity contribution in [2.24, 2.45) is 7.05 Å². The molecule has 2 heterocycles. The van der Waals surface area contributed by atoms with Crippen molar-refractivity contribution in [3.05, 3.63) is 56.5 Å². The first-order chi connectivity index (χ1) is 13.1. The molecule has 0 aliphatic carbocycles. The van der Waals surface area contributed by atoms with Crippen LogP contribution in [-0.2, 0) is 19.8 Å². The second-order valence-electron chi connectivity index (χ2n) is 5.59. The zero-order valence-corrected chi connectivity index (χ0v) is 16.2. The number of benzene rings is 1. The molecule has 0 atom stereocenters. The Kier molecular flexibility index (Phi) is 5.55. The van der Waals surface area contributed by atoms with Gasteiger partial charge in [-0.1, -0.05) is 40.9 Å². The minimum Gasteiger partial charge on any atom is -0.288 e. The van der Waals surface area contributed by atoms with Gasteiger partial charge in [-0.3, -0.25) is 14.8 Å². The molecule has 3 rings (SSSR count). The molecule has 0 radical (unpaired) electrons. The molecular formula is C15H10Cl3F3N6O. The van der Waals surface area contributed by atoms with Gasteiger partial charge in [-0.2, -0.15) is 18.3 Å². The molecule has 0 aliphatic rings. The third kappa shape index (κ3) is 4.23. The molecule has 2 aromatic heterocycles. The summed E-state index contributed by atoms with van der Waals surface area (Å²) in [5, 5.41) is 9.67. The van der Waals surface area contributed by atoms with Gasteiger partial charge in [-0.15, -0.1) is 5.10 Å². The van der Waals surface area contributed by atoms with E-state index in [0.29, 0.717) is 15.6 Å². The number of aromatic nitrogens is 5. The number of nitrogens with zero attached hydrogens (tertiary/aromatic N) is 5. The summed E-state index contributed by atoms with van der Waals surface area (Å²) < 4.78 is 40.7. The molecule has 148 valence electrons. The molecule has 0 fully saturated rings. The highest BCUT2D eigenvalue weighted by Gasteiger charge is 2.39. The smallest absolute Gasteiger partial charge is 0.288 e. The van der Waals surface area contributed by atoms with Crippen molar-refractivity contribution in [1.82, 2.24) is 24.5 Å². The van der Waals surface area contributed by atoms with E-state index in [1.54, 1.807) is 18.2 Å². The van der Waals surface area contributed by atoms with Gasteiger partial charge in [0.25, 0.3) is 5.91 Å². The maximum Gasteiger partial charge on any atom is 0.436 e. The molecule has 1 amide bonds. The van der Waals surface area contributed by atoms with Crippen LogP contribution in [-0.4, -0.2) is 30.5 Å². The van der Waals surface area contributed by atoms with Gasteiger partial charge in [0.2, 0.25) is 5.95 Å². The van der Waals surface area contributed by atoms with Gasteiger partial charge in [0.15, 0.2) is 5.69 Å². The van der Waals surface area contributed by atoms with E-state index in [9.17, 15) is 18.0 Å². The lowest BCUT2D eigenvalue weighted by atomic mass is 10.2. The lowest BCUT2D eigenvalue weighted by molar-refractivity contribution is -0.141. The number of carbonyl (C=O) groups excluding carboxylic acids is 1. The van der Waals surface area contributed by atoms with Crippen LogP contribution >= 0.6 is 34.8 Å². The molecule has 0 spiro atoms. The normalized spacial score (nSPS) is 11.7. The summed E-state index contributed by atoms with van der Waals surface area (Å²) in [6.45, 7) is 0.240. The minimum absolute atomic E-state index is 0.124. The summed E-state index contributed by atoms with van der Waals surface area (Å²) in [7, 11) is 1.17. The van der Waals surface area contributed by atoms with Crippen LogP contribution in [0.1, 0.15) is 21.7 Å². The largest absolute Gasteiger partial charge is 0.436 e. The van der Waals surface area contributed by atoms with E-state index in [1.807, 2.05) is 0 Å². The predicted molar refractivity (Wildman–Crippen MR) is 96.8 cm³/mol. The lowest BCUT2D eigenvalue weighted by Crippen LogP contribution is -2.17. The van der Waals surface area contributed by atoms with E-state index in [2.05, 4.69) is 20.5 Å². The van der Waals surface area contributed by atoms with Gasteiger partial charge in [0.1, 0.15) is 17.0 Å². The molecule has 1 N–H and O–H groups in total. The number of hydrogen-bond donors (Lipinski definition) is 1. The second-order valence-corrected chi connectivity index (χ2v) is 6.81. The van der Waals surface area contributed by atoms with Crippen LogP contribution in [0.25, 0.3) is 0 Å². The Morgan fingerprint density at radius 2 is 1.93 bits per heavy atom. The zero-order chi connectivity index (χ0) is 20.6. The maximum absolute atomic E-state index is 12.9. The highest BCUT2D eigenvalue weighted by Crippen LogP contribution is 2.35. The average molecular weight is 454 g/mol. The average Bonchev–Trinajstić information content (AvgIpc) is 3.13. The van der Waals surface area contributed by atoms with Crippen LogP contribution in [0.4, 0.5) is 19.1 Å². The lowest BCUT2D eigenvalue weighted by Gasteiger charge is -2.05. The van der Waals surface area contributed by atoms with Crippen molar-refractivity contribution >= 4 is 46.7 Å². The molecule has 0 saturated heterocycles. The van der Waals surface area contributed by atoms with Crippen molar-refractivity contribution in [1.29, 1.82) is 0 Å². The highest BCUT2D eigenvalue weighted by atomic mass is 35.5. The molecule has 7 nitrogen and oxygen atoms in total. The topological polar surface area (TPSA) is 77.6 Å². The SMILES string of the molecule is Cn1nc(C(F)(F)F)c(Cl)c1C(=O)Nc1ncn(Cc2ccc(Cl)cc2Cl)n1. The van der Waals surface area contributed by atoms with Gasteiger partial charge >= 0.3 is 6.18 Å². The van der Waals surface area contributed by atoms with Crippen LogP contribution in [0.5, 0.6) is 0 Å². The summed E-state index contributed by atoms with van der Waals surface area (Å²) in [6.07, 6.45) is -3.46. The first-order valence-electron chi connectivity index (χ1n) is 7.50. The monoisotopic (exact) mass is 452 g/mol. The second kappa shape index (κ2) is 7.61. The number of anilines is 1. The van der Waals surface area contributed by atoms with Crippen LogP contribution in [0.2, 0.25) is 15.1 Å². The van der Waals surface area contributed by atoms with Crippen molar-refractivity contribution in [3.8, 4) is 0 Å². The number of nitrogens with one attached hydrogen (secondary N) is 1. The molecule has 1 aromatic carbocycles. The van der Waals surface area contributed by atoms with Crippen molar-refractivity contribution < 1.29 is 18.0 Å². The van der Waals surface area contributed by atoms with E-state index < -0.39 is 28.5 Å². The molecule has 3 aromatic rings. The number of carbonyl (C=O) groups is 1. The first-order valence-corrected chi connectivity index (χ1v) is 8.64.